The summed E-state index contributed by atoms with van der Waals surface area (Å²) < 4.78 is 48.8. The Labute approximate surface area is 125 Å². The molecule has 0 aliphatic heterocycles. The van der Waals surface area contributed by atoms with Crippen molar-refractivity contribution in [2.75, 3.05) is 37.4 Å². The maximum absolute atomic E-state index is 12.3. The van der Waals surface area contributed by atoms with Gasteiger partial charge in [0.25, 0.3) is 12.3 Å². The zero-order valence-corrected chi connectivity index (χ0v) is 13.4. The van der Waals surface area contributed by atoms with Gasteiger partial charge in [0.05, 0.1) is 18.0 Å². The molecule has 1 rings (SSSR count). The van der Waals surface area contributed by atoms with Gasteiger partial charge in [0.2, 0.25) is 0 Å². The van der Waals surface area contributed by atoms with Crippen LogP contribution in [0.5, 0.6) is 0 Å². The van der Waals surface area contributed by atoms with Crippen molar-refractivity contribution in [3.05, 3.63) is 4.88 Å². The van der Waals surface area contributed by atoms with E-state index < -0.39 is 28.7 Å². The largest absolute Gasteiger partial charge is 0.396 e. The number of anilines is 2. The summed E-state index contributed by atoms with van der Waals surface area (Å²) >= 11 is 0.767. The Morgan fingerprint density at radius 3 is 2.43 bits per heavy atom. The number of nitrogen functional groups attached to an aromatic ring is 1. The first kappa shape index (κ1) is 17.6. The lowest BCUT2D eigenvalue weighted by molar-refractivity contribution is 0.0833. The minimum absolute atomic E-state index is 0.0174. The number of nitrogens with one attached hydrogen (secondary N) is 1. The Bertz CT molecular complexity index is 627. The van der Waals surface area contributed by atoms with Crippen molar-refractivity contribution >= 4 is 37.8 Å². The SMILES string of the molecule is CCS(=O)(=O)c1c(NCC(F)F)sc(C(=O)N(C)C)c1N. The van der Waals surface area contributed by atoms with Crippen molar-refractivity contribution in [1.29, 1.82) is 0 Å². The van der Waals surface area contributed by atoms with Crippen LogP contribution in [-0.4, -0.2) is 52.0 Å². The molecule has 0 aromatic carbocycles. The van der Waals surface area contributed by atoms with Gasteiger partial charge in [-0.15, -0.1) is 11.3 Å². The molecule has 0 aliphatic rings. The molecule has 0 spiro atoms. The quantitative estimate of drug-likeness (QED) is 0.818. The predicted octanol–water partition coefficient (Wildman–Crippen LogP) is 1.50. The van der Waals surface area contributed by atoms with Crippen LogP contribution in [0.3, 0.4) is 0 Å². The standard InChI is InChI=1S/C11H17F2N3O3S2/c1-4-21(18,19)9-7(14)8(11(17)16(2)3)20-10(9)15-5-6(12)13/h6,15H,4-5,14H2,1-3H3. The summed E-state index contributed by atoms with van der Waals surface area (Å²) in [6, 6.07) is 0. The second-order valence-corrected chi connectivity index (χ2v) is 7.61. The molecule has 10 heteroatoms. The number of hydrogen-bond acceptors (Lipinski definition) is 6. The number of rotatable bonds is 6. The van der Waals surface area contributed by atoms with Gasteiger partial charge in [-0.05, 0) is 0 Å². The van der Waals surface area contributed by atoms with Crippen molar-refractivity contribution in [2.24, 2.45) is 0 Å². The summed E-state index contributed by atoms with van der Waals surface area (Å²) in [5, 5.41) is 2.32. The smallest absolute Gasteiger partial charge is 0.265 e. The first-order valence-electron chi connectivity index (χ1n) is 6.00. The van der Waals surface area contributed by atoms with E-state index in [0.29, 0.717) is 0 Å². The highest BCUT2D eigenvalue weighted by molar-refractivity contribution is 7.91. The van der Waals surface area contributed by atoms with Gasteiger partial charge in [-0.25, -0.2) is 17.2 Å². The summed E-state index contributed by atoms with van der Waals surface area (Å²) in [5.74, 6) is -0.720. The van der Waals surface area contributed by atoms with Crippen LogP contribution in [0, 0.1) is 0 Å². The van der Waals surface area contributed by atoms with E-state index in [4.69, 9.17) is 5.73 Å². The molecule has 120 valence electrons. The Balaban J connectivity index is 3.41. The van der Waals surface area contributed by atoms with Crippen LogP contribution in [0.15, 0.2) is 4.90 Å². The number of nitrogens with zero attached hydrogens (tertiary/aromatic N) is 1. The van der Waals surface area contributed by atoms with E-state index in [0.717, 1.165) is 11.3 Å². The zero-order chi connectivity index (χ0) is 16.4. The number of sulfone groups is 1. The molecule has 0 saturated carbocycles. The summed E-state index contributed by atoms with van der Waals surface area (Å²) in [5.41, 5.74) is 5.57. The number of amides is 1. The molecule has 0 aliphatic carbocycles. The third kappa shape index (κ3) is 3.82. The molecule has 0 atom stereocenters. The Hall–Kier alpha value is -1.42. The molecule has 3 N–H and O–H groups in total. The maximum Gasteiger partial charge on any atom is 0.265 e. The molecule has 0 bridgehead atoms. The van der Waals surface area contributed by atoms with E-state index in [-0.39, 0.29) is 26.2 Å². The number of carbonyl (C=O) groups excluding carboxylic acids is 1. The zero-order valence-electron chi connectivity index (χ0n) is 11.8. The first-order valence-corrected chi connectivity index (χ1v) is 8.47. The highest BCUT2D eigenvalue weighted by atomic mass is 32.2. The molecular weight excluding hydrogens is 324 g/mol. The van der Waals surface area contributed by atoms with Crippen LogP contribution < -0.4 is 11.1 Å². The molecule has 1 aromatic rings. The van der Waals surface area contributed by atoms with Gasteiger partial charge >= 0.3 is 0 Å². The highest BCUT2D eigenvalue weighted by Gasteiger charge is 2.29. The fraction of sp³-hybridized carbons (Fsp3) is 0.545. The molecule has 6 nitrogen and oxygen atoms in total. The highest BCUT2D eigenvalue weighted by Crippen LogP contribution is 2.40. The van der Waals surface area contributed by atoms with E-state index >= 15 is 0 Å². The van der Waals surface area contributed by atoms with Crippen LogP contribution in [0.4, 0.5) is 19.5 Å². The molecule has 1 amide bonds. The predicted molar refractivity (Wildman–Crippen MR) is 79.0 cm³/mol. The Morgan fingerprint density at radius 2 is 2.00 bits per heavy atom. The van der Waals surface area contributed by atoms with Crippen LogP contribution in [0.25, 0.3) is 0 Å². The molecule has 1 heterocycles. The van der Waals surface area contributed by atoms with Gasteiger partial charge in [-0.2, -0.15) is 0 Å². The van der Waals surface area contributed by atoms with Crippen molar-refractivity contribution in [1.82, 2.24) is 4.90 Å². The minimum atomic E-state index is -3.74. The fourth-order valence-corrected chi connectivity index (χ4v) is 4.23. The molecule has 0 unspecified atom stereocenters. The second kappa shape index (κ2) is 6.56. The van der Waals surface area contributed by atoms with E-state index in [1.54, 1.807) is 0 Å². The van der Waals surface area contributed by atoms with Crippen molar-refractivity contribution in [2.45, 2.75) is 18.2 Å². The van der Waals surface area contributed by atoms with Crippen molar-refractivity contribution < 1.29 is 22.0 Å². The number of nitrogens with two attached hydrogens (primary N) is 1. The maximum atomic E-state index is 12.3. The Morgan fingerprint density at radius 1 is 1.43 bits per heavy atom. The van der Waals surface area contributed by atoms with Crippen LogP contribution in [-0.2, 0) is 9.84 Å². The Kier molecular flexibility index (Phi) is 5.51. The second-order valence-electron chi connectivity index (χ2n) is 4.38. The van der Waals surface area contributed by atoms with E-state index in [1.807, 2.05) is 0 Å². The number of alkyl halides is 2. The molecule has 0 saturated heterocycles. The van der Waals surface area contributed by atoms with Gasteiger partial charge in [-0.3, -0.25) is 4.79 Å². The summed E-state index contributed by atoms with van der Waals surface area (Å²) in [6.45, 7) is 0.693. The van der Waals surface area contributed by atoms with Gasteiger partial charge < -0.3 is 16.0 Å². The van der Waals surface area contributed by atoms with E-state index in [1.165, 1.54) is 25.9 Å². The number of hydrogen-bond donors (Lipinski definition) is 2. The van der Waals surface area contributed by atoms with Gasteiger partial charge in [0.15, 0.2) is 9.84 Å². The lowest BCUT2D eigenvalue weighted by atomic mass is 10.3. The number of carbonyl (C=O) groups is 1. The topological polar surface area (TPSA) is 92.5 Å². The first-order chi connectivity index (χ1) is 9.61. The summed E-state index contributed by atoms with van der Waals surface area (Å²) in [4.78, 5) is 12.9. The van der Waals surface area contributed by atoms with Gasteiger partial charge in [-0.1, -0.05) is 6.92 Å². The lowest BCUT2D eigenvalue weighted by Crippen LogP contribution is -2.21. The third-order valence-electron chi connectivity index (χ3n) is 2.61. The summed E-state index contributed by atoms with van der Waals surface area (Å²) in [6.07, 6.45) is -2.65. The molecule has 0 fully saturated rings. The number of halogens is 2. The normalized spacial score (nSPS) is 11.7. The third-order valence-corrected chi connectivity index (χ3v) is 5.69. The molecular formula is C11H17F2N3O3S2. The fourth-order valence-electron chi connectivity index (χ4n) is 1.53. The van der Waals surface area contributed by atoms with E-state index in [2.05, 4.69) is 5.32 Å². The molecule has 21 heavy (non-hydrogen) atoms. The van der Waals surface area contributed by atoms with E-state index in [9.17, 15) is 22.0 Å². The minimum Gasteiger partial charge on any atom is -0.396 e. The van der Waals surface area contributed by atoms with Gasteiger partial charge in [0, 0.05) is 14.1 Å². The average Bonchev–Trinajstić information content (AvgIpc) is 2.72. The summed E-state index contributed by atoms with van der Waals surface area (Å²) in [7, 11) is -0.763. The lowest BCUT2D eigenvalue weighted by Gasteiger charge is -2.09. The molecule has 0 radical (unpaired) electrons. The monoisotopic (exact) mass is 341 g/mol. The molecule has 1 aromatic heterocycles. The van der Waals surface area contributed by atoms with Crippen molar-refractivity contribution in [3.8, 4) is 0 Å². The average molecular weight is 341 g/mol. The number of thiophene rings is 1. The van der Waals surface area contributed by atoms with Gasteiger partial charge in [0.1, 0.15) is 14.8 Å². The van der Waals surface area contributed by atoms with Crippen molar-refractivity contribution in [3.63, 3.8) is 0 Å². The van der Waals surface area contributed by atoms with Crippen LogP contribution in [0.2, 0.25) is 0 Å². The van der Waals surface area contributed by atoms with Crippen LogP contribution in [0.1, 0.15) is 16.6 Å². The van der Waals surface area contributed by atoms with Crippen LogP contribution >= 0.6 is 11.3 Å².